The Hall–Kier alpha value is -2.27. The third kappa shape index (κ3) is 5.64. The van der Waals surface area contributed by atoms with E-state index in [0.717, 1.165) is 17.8 Å². The molecule has 1 aliphatic carbocycles. The van der Waals surface area contributed by atoms with Gasteiger partial charge in [0.1, 0.15) is 0 Å². The number of aromatic nitrogens is 1. The van der Waals surface area contributed by atoms with Gasteiger partial charge in [0, 0.05) is 36.9 Å². The summed E-state index contributed by atoms with van der Waals surface area (Å²) in [6.07, 6.45) is 11.5. The maximum absolute atomic E-state index is 12.0. The molecule has 134 valence electrons. The number of carbonyl (C=O) groups excluding carboxylic acids is 1. The first-order chi connectivity index (χ1) is 12.3. The van der Waals surface area contributed by atoms with Gasteiger partial charge in [-0.15, -0.1) is 0 Å². The highest BCUT2D eigenvalue weighted by Gasteiger charge is 2.13. The van der Waals surface area contributed by atoms with Crippen LogP contribution < -0.4 is 10.6 Å². The lowest BCUT2D eigenvalue weighted by molar-refractivity contribution is 0.0276. The Bertz CT molecular complexity index is 649. The lowest BCUT2D eigenvalue weighted by atomic mass is 9.98. The van der Waals surface area contributed by atoms with Gasteiger partial charge in [-0.25, -0.2) is 4.79 Å². The summed E-state index contributed by atoms with van der Waals surface area (Å²) in [5.41, 5.74) is 1.80. The summed E-state index contributed by atoms with van der Waals surface area (Å²) in [5, 5.41) is 5.77. The summed E-state index contributed by atoms with van der Waals surface area (Å²) in [6.45, 7) is 1.34. The second-order valence-electron chi connectivity index (χ2n) is 6.51. The summed E-state index contributed by atoms with van der Waals surface area (Å²) in [7, 11) is 0. The van der Waals surface area contributed by atoms with Crippen molar-refractivity contribution < 1.29 is 9.53 Å². The highest BCUT2D eigenvalue weighted by molar-refractivity contribution is 5.89. The Morgan fingerprint density at radius 2 is 1.92 bits per heavy atom. The van der Waals surface area contributed by atoms with E-state index in [1.165, 1.54) is 32.1 Å². The molecular formula is C20H27N3O2. The fourth-order valence-corrected chi connectivity index (χ4v) is 3.18. The van der Waals surface area contributed by atoms with Crippen LogP contribution in [-0.2, 0) is 4.74 Å². The SMILES string of the molecule is O=C(NCCCOC1CCCCC1)Nc1cccc(-n2cccc2)c1. The van der Waals surface area contributed by atoms with Crippen LogP contribution in [0, 0.1) is 0 Å². The molecule has 1 aliphatic rings. The molecule has 0 atom stereocenters. The number of rotatable bonds is 7. The average molecular weight is 341 g/mol. The van der Waals surface area contributed by atoms with E-state index in [1.807, 2.05) is 53.4 Å². The molecule has 2 amide bonds. The van der Waals surface area contributed by atoms with Crippen molar-refractivity contribution in [3.8, 4) is 5.69 Å². The van der Waals surface area contributed by atoms with Crippen molar-refractivity contribution >= 4 is 11.7 Å². The molecule has 0 spiro atoms. The van der Waals surface area contributed by atoms with E-state index < -0.39 is 0 Å². The van der Waals surface area contributed by atoms with E-state index in [9.17, 15) is 4.79 Å². The molecule has 0 bridgehead atoms. The number of nitrogens with one attached hydrogen (secondary N) is 2. The Kier molecular flexibility index (Phi) is 6.51. The molecule has 1 aromatic carbocycles. The van der Waals surface area contributed by atoms with Crippen LogP contribution in [0.4, 0.5) is 10.5 Å². The van der Waals surface area contributed by atoms with Gasteiger partial charge >= 0.3 is 6.03 Å². The standard InChI is InChI=1S/C20H27N3O2/c24-20(21-12-7-15-25-19-10-2-1-3-11-19)22-17-8-6-9-18(16-17)23-13-4-5-14-23/h4-6,8-9,13-14,16,19H,1-3,7,10-12,15H2,(H2,21,22,24). The Morgan fingerprint density at radius 3 is 2.72 bits per heavy atom. The van der Waals surface area contributed by atoms with Gasteiger partial charge < -0.3 is 19.9 Å². The Morgan fingerprint density at radius 1 is 1.12 bits per heavy atom. The van der Waals surface area contributed by atoms with Gasteiger partial charge in [0.15, 0.2) is 0 Å². The van der Waals surface area contributed by atoms with Crippen molar-refractivity contribution in [3.63, 3.8) is 0 Å². The third-order valence-corrected chi connectivity index (χ3v) is 4.52. The van der Waals surface area contributed by atoms with Crippen LogP contribution in [0.25, 0.3) is 5.69 Å². The number of hydrogen-bond donors (Lipinski definition) is 2. The van der Waals surface area contributed by atoms with Gasteiger partial charge in [-0.3, -0.25) is 0 Å². The van der Waals surface area contributed by atoms with E-state index in [4.69, 9.17) is 4.74 Å². The number of urea groups is 1. The van der Waals surface area contributed by atoms with Crippen molar-refractivity contribution in [2.24, 2.45) is 0 Å². The van der Waals surface area contributed by atoms with Crippen molar-refractivity contribution in [3.05, 3.63) is 48.8 Å². The minimum absolute atomic E-state index is 0.178. The van der Waals surface area contributed by atoms with Gasteiger partial charge in [0.05, 0.1) is 6.10 Å². The second-order valence-corrected chi connectivity index (χ2v) is 6.51. The number of nitrogens with zero attached hydrogens (tertiary/aromatic N) is 1. The molecule has 0 saturated heterocycles. The Balaban J connectivity index is 1.35. The molecule has 1 aromatic heterocycles. The highest BCUT2D eigenvalue weighted by Crippen LogP contribution is 2.20. The van der Waals surface area contributed by atoms with E-state index in [2.05, 4.69) is 10.6 Å². The lowest BCUT2D eigenvalue weighted by Crippen LogP contribution is -2.30. The highest BCUT2D eigenvalue weighted by atomic mass is 16.5. The summed E-state index contributed by atoms with van der Waals surface area (Å²) < 4.78 is 7.87. The smallest absolute Gasteiger partial charge is 0.319 e. The molecule has 5 heteroatoms. The number of anilines is 1. The van der Waals surface area contributed by atoms with Crippen LogP contribution >= 0.6 is 0 Å². The molecule has 1 heterocycles. The van der Waals surface area contributed by atoms with Crippen molar-refractivity contribution in [1.82, 2.24) is 9.88 Å². The van der Waals surface area contributed by atoms with Crippen LogP contribution in [0.2, 0.25) is 0 Å². The summed E-state index contributed by atoms with van der Waals surface area (Å²) >= 11 is 0. The van der Waals surface area contributed by atoms with E-state index in [0.29, 0.717) is 19.3 Å². The average Bonchev–Trinajstić information content (AvgIpc) is 3.17. The maximum Gasteiger partial charge on any atom is 0.319 e. The molecule has 0 radical (unpaired) electrons. The predicted molar refractivity (Wildman–Crippen MR) is 100 cm³/mol. The number of amides is 2. The van der Waals surface area contributed by atoms with Gasteiger partial charge in [-0.05, 0) is 49.6 Å². The molecule has 0 aliphatic heterocycles. The molecule has 3 rings (SSSR count). The normalized spacial score (nSPS) is 15.0. The van der Waals surface area contributed by atoms with Crippen LogP contribution in [0.1, 0.15) is 38.5 Å². The molecule has 1 fully saturated rings. The molecule has 2 N–H and O–H groups in total. The molecular weight excluding hydrogens is 314 g/mol. The summed E-state index contributed by atoms with van der Waals surface area (Å²) in [6, 6.07) is 11.5. The first-order valence-corrected chi connectivity index (χ1v) is 9.21. The predicted octanol–water partition coefficient (Wildman–Crippen LogP) is 4.34. The quantitative estimate of drug-likeness (QED) is 0.736. The topological polar surface area (TPSA) is 55.3 Å². The zero-order valence-corrected chi connectivity index (χ0v) is 14.6. The molecule has 25 heavy (non-hydrogen) atoms. The van der Waals surface area contributed by atoms with Crippen LogP contribution in [0.15, 0.2) is 48.8 Å². The van der Waals surface area contributed by atoms with Gasteiger partial charge in [-0.2, -0.15) is 0 Å². The molecule has 5 nitrogen and oxygen atoms in total. The monoisotopic (exact) mass is 341 g/mol. The molecule has 2 aromatic rings. The largest absolute Gasteiger partial charge is 0.378 e. The zero-order valence-electron chi connectivity index (χ0n) is 14.6. The number of benzene rings is 1. The van der Waals surface area contributed by atoms with Gasteiger partial charge in [-0.1, -0.05) is 25.3 Å². The first-order valence-electron chi connectivity index (χ1n) is 9.21. The third-order valence-electron chi connectivity index (χ3n) is 4.52. The second kappa shape index (κ2) is 9.28. The van der Waals surface area contributed by atoms with Gasteiger partial charge in [0.25, 0.3) is 0 Å². The van der Waals surface area contributed by atoms with Gasteiger partial charge in [0.2, 0.25) is 0 Å². The summed E-state index contributed by atoms with van der Waals surface area (Å²) in [5.74, 6) is 0. The van der Waals surface area contributed by atoms with Crippen LogP contribution in [0.5, 0.6) is 0 Å². The fraction of sp³-hybridized carbons (Fsp3) is 0.450. The molecule has 1 saturated carbocycles. The van der Waals surface area contributed by atoms with E-state index >= 15 is 0 Å². The minimum Gasteiger partial charge on any atom is -0.378 e. The van der Waals surface area contributed by atoms with Crippen LogP contribution in [-0.4, -0.2) is 29.9 Å². The number of carbonyl (C=O) groups is 1. The number of ether oxygens (including phenoxy) is 1. The fourth-order valence-electron chi connectivity index (χ4n) is 3.18. The zero-order chi connectivity index (χ0) is 17.3. The lowest BCUT2D eigenvalue weighted by Gasteiger charge is -2.21. The van der Waals surface area contributed by atoms with Crippen LogP contribution in [0.3, 0.4) is 0 Å². The molecule has 0 unspecified atom stereocenters. The summed E-state index contributed by atoms with van der Waals surface area (Å²) in [4.78, 5) is 12.0. The van der Waals surface area contributed by atoms with Crippen molar-refractivity contribution in [2.75, 3.05) is 18.5 Å². The minimum atomic E-state index is -0.178. The van der Waals surface area contributed by atoms with E-state index in [1.54, 1.807) is 0 Å². The van der Waals surface area contributed by atoms with E-state index in [-0.39, 0.29) is 6.03 Å². The number of hydrogen-bond acceptors (Lipinski definition) is 2. The first kappa shape index (κ1) is 17.5. The van der Waals surface area contributed by atoms with Crippen molar-refractivity contribution in [1.29, 1.82) is 0 Å². The maximum atomic E-state index is 12.0. The Labute approximate surface area is 149 Å². The van der Waals surface area contributed by atoms with Crippen molar-refractivity contribution in [2.45, 2.75) is 44.6 Å².